The van der Waals surface area contributed by atoms with E-state index in [1.165, 1.54) is 6.07 Å². The van der Waals surface area contributed by atoms with Crippen molar-refractivity contribution in [2.24, 2.45) is 0 Å². The summed E-state index contributed by atoms with van der Waals surface area (Å²) in [7, 11) is 0. The van der Waals surface area contributed by atoms with Crippen LogP contribution in [-0.4, -0.2) is 23.8 Å². The first-order chi connectivity index (χ1) is 6.99. The number of anilines is 1. The molecule has 0 aromatic heterocycles. The fraction of sp³-hybridized carbons (Fsp3) is 0.300. The van der Waals surface area contributed by atoms with Crippen LogP contribution in [0.1, 0.15) is 17.3 Å². The van der Waals surface area contributed by atoms with Crippen molar-refractivity contribution < 1.29 is 14.6 Å². The van der Waals surface area contributed by atoms with E-state index in [4.69, 9.17) is 15.6 Å². The maximum absolute atomic E-state index is 11.4. The molecule has 15 heavy (non-hydrogen) atoms. The lowest BCUT2D eigenvalue weighted by atomic mass is 10.2. The molecule has 3 N–H and O–H groups in total. The molecule has 0 aliphatic heterocycles. The summed E-state index contributed by atoms with van der Waals surface area (Å²) in [6.45, 7) is 1.52. The molecule has 4 nitrogen and oxygen atoms in total. The number of nitrogens with two attached hydrogens (primary N) is 1. The number of carbonyl (C=O) groups is 1. The number of esters is 1. The van der Waals surface area contributed by atoms with E-state index in [2.05, 4.69) is 15.9 Å². The number of benzene rings is 1. The van der Waals surface area contributed by atoms with E-state index in [0.29, 0.717) is 15.7 Å². The average Bonchev–Trinajstić information content (AvgIpc) is 2.12. The summed E-state index contributed by atoms with van der Waals surface area (Å²) in [4.78, 5) is 11.4. The number of halogens is 1. The Kier molecular flexibility index (Phi) is 4.11. The first-order valence-electron chi connectivity index (χ1n) is 4.40. The third-order valence-corrected chi connectivity index (χ3v) is 2.07. The number of nitrogen functional groups attached to an aromatic ring is 1. The first kappa shape index (κ1) is 12.0. The molecule has 1 aromatic rings. The van der Waals surface area contributed by atoms with E-state index in [-0.39, 0.29) is 6.61 Å². The highest BCUT2D eigenvalue weighted by atomic mass is 79.9. The Hall–Kier alpha value is -1.07. The second-order valence-corrected chi connectivity index (χ2v) is 4.14. The molecule has 0 spiro atoms. The summed E-state index contributed by atoms with van der Waals surface area (Å²) in [5, 5.41) is 8.95. The van der Waals surface area contributed by atoms with E-state index in [1.807, 2.05) is 0 Å². The van der Waals surface area contributed by atoms with Gasteiger partial charge < -0.3 is 15.6 Å². The van der Waals surface area contributed by atoms with Crippen molar-refractivity contribution >= 4 is 27.6 Å². The van der Waals surface area contributed by atoms with Gasteiger partial charge in [-0.15, -0.1) is 0 Å². The van der Waals surface area contributed by atoms with Gasteiger partial charge in [0, 0.05) is 10.2 Å². The summed E-state index contributed by atoms with van der Waals surface area (Å²) >= 11 is 3.22. The van der Waals surface area contributed by atoms with Gasteiger partial charge in [0.1, 0.15) is 6.61 Å². The molecule has 0 amide bonds. The van der Waals surface area contributed by atoms with Crippen LogP contribution in [0, 0.1) is 0 Å². The summed E-state index contributed by atoms with van der Waals surface area (Å²) in [5.74, 6) is -0.496. The van der Waals surface area contributed by atoms with Crippen molar-refractivity contribution in [3.05, 3.63) is 28.2 Å². The van der Waals surface area contributed by atoms with Gasteiger partial charge in [0.15, 0.2) is 0 Å². The monoisotopic (exact) mass is 273 g/mol. The number of aliphatic hydroxyl groups is 1. The second-order valence-electron chi connectivity index (χ2n) is 3.22. The van der Waals surface area contributed by atoms with Gasteiger partial charge in [-0.05, 0) is 25.1 Å². The van der Waals surface area contributed by atoms with Gasteiger partial charge in [-0.25, -0.2) is 4.79 Å². The zero-order valence-corrected chi connectivity index (χ0v) is 9.82. The summed E-state index contributed by atoms with van der Waals surface area (Å²) in [6, 6.07) is 4.82. The average molecular weight is 274 g/mol. The Balaban J connectivity index is 2.73. The van der Waals surface area contributed by atoms with Gasteiger partial charge in [-0.3, -0.25) is 0 Å². The maximum Gasteiger partial charge on any atom is 0.338 e. The fourth-order valence-electron chi connectivity index (χ4n) is 1.01. The normalized spacial score (nSPS) is 12.2. The number of aliphatic hydroxyl groups excluding tert-OH is 1. The Labute approximate surface area is 96.2 Å². The largest absolute Gasteiger partial charge is 0.459 e. The zero-order chi connectivity index (χ0) is 11.4. The first-order valence-corrected chi connectivity index (χ1v) is 5.19. The molecule has 0 fully saturated rings. The van der Waals surface area contributed by atoms with E-state index in [1.54, 1.807) is 19.1 Å². The van der Waals surface area contributed by atoms with Gasteiger partial charge in [0.25, 0.3) is 0 Å². The number of rotatable bonds is 3. The van der Waals surface area contributed by atoms with Crippen molar-refractivity contribution in [2.75, 3.05) is 12.3 Å². The highest BCUT2D eigenvalue weighted by Gasteiger charge is 2.09. The topological polar surface area (TPSA) is 72.5 Å². The molecule has 0 heterocycles. The Morgan fingerprint density at radius 3 is 2.80 bits per heavy atom. The van der Waals surface area contributed by atoms with Crippen LogP contribution in [0.4, 0.5) is 5.69 Å². The van der Waals surface area contributed by atoms with E-state index < -0.39 is 12.1 Å². The predicted octanol–water partition coefficient (Wildman–Crippen LogP) is 1.57. The van der Waals surface area contributed by atoms with Crippen LogP contribution in [-0.2, 0) is 4.74 Å². The molecule has 0 bridgehead atoms. The molecule has 0 saturated heterocycles. The molecule has 0 aliphatic rings. The minimum Gasteiger partial charge on any atom is -0.459 e. The molecule has 0 saturated carbocycles. The predicted molar refractivity (Wildman–Crippen MR) is 60.5 cm³/mol. The molecule has 1 aromatic carbocycles. The Morgan fingerprint density at radius 2 is 2.27 bits per heavy atom. The Morgan fingerprint density at radius 1 is 1.60 bits per heavy atom. The third kappa shape index (κ3) is 3.89. The maximum atomic E-state index is 11.4. The van der Waals surface area contributed by atoms with Gasteiger partial charge in [-0.2, -0.15) is 0 Å². The standard InChI is InChI=1S/C10H12BrNO3/c1-6(13)5-15-10(14)7-2-8(11)4-9(12)3-7/h2-4,6,13H,5,12H2,1H3. The number of hydrogen-bond donors (Lipinski definition) is 2. The van der Waals surface area contributed by atoms with Gasteiger partial charge in [0.05, 0.1) is 11.7 Å². The molecule has 82 valence electrons. The van der Waals surface area contributed by atoms with Crippen molar-refractivity contribution in [3.63, 3.8) is 0 Å². The van der Waals surface area contributed by atoms with Gasteiger partial charge in [-0.1, -0.05) is 15.9 Å². The van der Waals surface area contributed by atoms with Crippen LogP contribution in [0.15, 0.2) is 22.7 Å². The van der Waals surface area contributed by atoms with E-state index in [0.717, 1.165) is 0 Å². The molecule has 5 heteroatoms. The minimum absolute atomic E-state index is 0.0226. The highest BCUT2D eigenvalue weighted by molar-refractivity contribution is 9.10. The SMILES string of the molecule is CC(O)COC(=O)c1cc(N)cc(Br)c1. The van der Waals surface area contributed by atoms with Crippen LogP contribution >= 0.6 is 15.9 Å². The van der Waals surface area contributed by atoms with Crippen LogP contribution in [0.25, 0.3) is 0 Å². The van der Waals surface area contributed by atoms with E-state index in [9.17, 15) is 4.79 Å². The molecular formula is C10H12BrNO3. The molecule has 1 atom stereocenters. The fourth-order valence-corrected chi connectivity index (χ4v) is 1.52. The quantitative estimate of drug-likeness (QED) is 0.648. The molecule has 1 rings (SSSR count). The van der Waals surface area contributed by atoms with Crippen LogP contribution in [0.5, 0.6) is 0 Å². The van der Waals surface area contributed by atoms with Crippen molar-refractivity contribution in [2.45, 2.75) is 13.0 Å². The summed E-state index contributed by atoms with van der Waals surface area (Å²) in [6.07, 6.45) is -0.668. The third-order valence-electron chi connectivity index (χ3n) is 1.61. The van der Waals surface area contributed by atoms with Crippen LogP contribution in [0.2, 0.25) is 0 Å². The lowest BCUT2D eigenvalue weighted by molar-refractivity contribution is 0.0296. The second kappa shape index (κ2) is 5.14. The molecular weight excluding hydrogens is 262 g/mol. The smallest absolute Gasteiger partial charge is 0.338 e. The minimum atomic E-state index is -0.668. The van der Waals surface area contributed by atoms with Crippen molar-refractivity contribution in [3.8, 4) is 0 Å². The zero-order valence-electron chi connectivity index (χ0n) is 8.24. The van der Waals surface area contributed by atoms with Crippen molar-refractivity contribution in [1.29, 1.82) is 0 Å². The number of ether oxygens (including phenoxy) is 1. The van der Waals surface area contributed by atoms with Crippen LogP contribution < -0.4 is 5.73 Å². The van der Waals surface area contributed by atoms with E-state index >= 15 is 0 Å². The number of carbonyl (C=O) groups excluding carboxylic acids is 1. The lowest BCUT2D eigenvalue weighted by Crippen LogP contribution is -2.15. The van der Waals surface area contributed by atoms with Gasteiger partial charge in [0.2, 0.25) is 0 Å². The lowest BCUT2D eigenvalue weighted by Gasteiger charge is -2.07. The van der Waals surface area contributed by atoms with Crippen molar-refractivity contribution in [1.82, 2.24) is 0 Å². The number of hydrogen-bond acceptors (Lipinski definition) is 4. The molecule has 0 radical (unpaired) electrons. The summed E-state index contributed by atoms with van der Waals surface area (Å²) < 4.78 is 5.55. The Bertz CT molecular complexity index is 345. The highest BCUT2D eigenvalue weighted by Crippen LogP contribution is 2.17. The molecule has 1 unspecified atom stereocenters. The van der Waals surface area contributed by atoms with Gasteiger partial charge >= 0.3 is 5.97 Å². The molecule has 0 aliphatic carbocycles. The summed E-state index contributed by atoms with van der Waals surface area (Å²) in [5.41, 5.74) is 6.41. The van der Waals surface area contributed by atoms with Crippen LogP contribution in [0.3, 0.4) is 0 Å².